The molecule has 0 bridgehead atoms. The van der Waals surface area contributed by atoms with E-state index in [1.54, 1.807) is 25.1 Å². The summed E-state index contributed by atoms with van der Waals surface area (Å²) in [6.45, 7) is 1.36. The molecule has 3 aromatic rings. The molecule has 0 unspecified atom stereocenters. The summed E-state index contributed by atoms with van der Waals surface area (Å²) in [5, 5.41) is 3.11. The first-order chi connectivity index (χ1) is 13.3. The van der Waals surface area contributed by atoms with Crippen LogP contribution in [0, 0.1) is 6.92 Å². The normalized spacial score (nSPS) is 11.4. The van der Waals surface area contributed by atoms with E-state index in [1.807, 2.05) is 0 Å². The molecule has 0 radical (unpaired) electrons. The number of halogens is 3. The van der Waals surface area contributed by atoms with E-state index >= 15 is 0 Å². The molecule has 2 aromatic heterocycles. The van der Waals surface area contributed by atoms with Crippen molar-refractivity contribution < 1.29 is 27.5 Å². The van der Waals surface area contributed by atoms with Gasteiger partial charge in [-0.3, -0.25) is 9.78 Å². The maximum Gasteiger partial charge on any atom is 0.433 e. The first-order valence-corrected chi connectivity index (χ1v) is 9.01. The molecule has 1 aromatic carbocycles. The Bertz CT molecular complexity index is 1030. The summed E-state index contributed by atoms with van der Waals surface area (Å²) in [6.07, 6.45) is -2.91. The summed E-state index contributed by atoms with van der Waals surface area (Å²) in [6, 6.07) is 7.70. The highest BCUT2D eigenvalue weighted by Gasteiger charge is 2.35. The first-order valence-electron chi connectivity index (χ1n) is 8.20. The lowest BCUT2D eigenvalue weighted by atomic mass is 10.1. The maximum absolute atomic E-state index is 13.0. The van der Waals surface area contributed by atoms with E-state index in [0.29, 0.717) is 23.0 Å². The second kappa shape index (κ2) is 7.97. The van der Waals surface area contributed by atoms with Crippen LogP contribution < -0.4 is 10.1 Å². The SMILES string of the molecule is Cc1sc2ccc(OCc3cccnc3C(F)(F)F)cc2c1C(=O)NCC=O. The van der Waals surface area contributed by atoms with Crippen molar-refractivity contribution in [2.75, 3.05) is 6.54 Å². The minimum Gasteiger partial charge on any atom is -0.489 e. The molecule has 0 saturated heterocycles. The minimum absolute atomic E-state index is 0.0828. The third kappa shape index (κ3) is 4.14. The van der Waals surface area contributed by atoms with Gasteiger partial charge in [-0.15, -0.1) is 11.3 Å². The third-order valence-electron chi connectivity index (χ3n) is 3.96. The molecule has 3 rings (SSSR count). The number of rotatable bonds is 6. The van der Waals surface area contributed by atoms with Crippen LogP contribution in [0.15, 0.2) is 36.5 Å². The zero-order valence-electron chi connectivity index (χ0n) is 14.7. The zero-order valence-corrected chi connectivity index (χ0v) is 15.5. The molecule has 0 aliphatic rings. The molecule has 9 heteroatoms. The zero-order chi connectivity index (χ0) is 20.3. The number of carbonyl (C=O) groups excluding carboxylic acids is 2. The minimum atomic E-state index is -4.57. The Morgan fingerprint density at radius 3 is 2.82 bits per heavy atom. The summed E-state index contributed by atoms with van der Waals surface area (Å²) in [7, 11) is 0. The van der Waals surface area contributed by atoms with Gasteiger partial charge in [-0.1, -0.05) is 6.07 Å². The van der Waals surface area contributed by atoms with Gasteiger partial charge >= 0.3 is 6.18 Å². The van der Waals surface area contributed by atoms with Crippen molar-refractivity contribution in [3.8, 4) is 5.75 Å². The van der Waals surface area contributed by atoms with E-state index < -0.39 is 11.9 Å². The standard InChI is InChI=1S/C19H15F3N2O3S/c1-11-16(18(26)24-7-8-25)14-9-13(4-5-15(14)28-11)27-10-12-3-2-6-23-17(12)19(20,21)22/h2-6,8-9H,7,10H2,1H3,(H,24,26). The highest BCUT2D eigenvalue weighted by atomic mass is 32.1. The Hall–Kier alpha value is -2.94. The second-order valence-corrected chi connectivity index (χ2v) is 7.12. The molecule has 2 heterocycles. The lowest BCUT2D eigenvalue weighted by molar-refractivity contribution is -0.142. The van der Waals surface area contributed by atoms with Gasteiger partial charge in [0.1, 0.15) is 18.6 Å². The number of thiophene rings is 1. The fraction of sp³-hybridized carbons (Fsp3) is 0.211. The van der Waals surface area contributed by atoms with Crippen molar-refractivity contribution >= 4 is 33.6 Å². The predicted molar refractivity (Wildman–Crippen MR) is 98.5 cm³/mol. The highest BCUT2D eigenvalue weighted by Crippen LogP contribution is 2.34. The molecule has 28 heavy (non-hydrogen) atoms. The number of ether oxygens (including phenoxy) is 1. The Morgan fingerprint density at radius 1 is 1.32 bits per heavy atom. The summed E-state index contributed by atoms with van der Waals surface area (Å²) in [4.78, 5) is 27.0. The molecular weight excluding hydrogens is 393 g/mol. The number of nitrogens with one attached hydrogen (secondary N) is 1. The number of fused-ring (bicyclic) bond motifs is 1. The van der Waals surface area contributed by atoms with E-state index in [1.165, 1.54) is 23.5 Å². The van der Waals surface area contributed by atoms with Crippen molar-refractivity contribution in [1.29, 1.82) is 0 Å². The quantitative estimate of drug-likeness (QED) is 0.623. The largest absolute Gasteiger partial charge is 0.489 e. The fourth-order valence-corrected chi connectivity index (χ4v) is 3.81. The molecule has 0 spiro atoms. The molecule has 0 atom stereocenters. The van der Waals surface area contributed by atoms with Gasteiger partial charge in [0.15, 0.2) is 5.69 Å². The number of aryl methyl sites for hydroxylation is 1. The van der Waals surface area contributed by atoms with E-state index in [-0.39, 0.29) is 24.6 Å². The number of hydrogen-bond donors (Lipinski definition) is 1. The first kappa shape index (κ1) is 19.8. The fourth-order valence-electron chi connectivity index (χ4n) is 2.77. The average molecular weight is 408 g/mol. The van der Waals surface area contributed by atoms with E-state index in [9.17, 15) is 22.8 Å². The van der Waals surface area contributed by atoms with Gasteiger partial charge in [-0.2, -0.15) is 13.2 Å². The maximum atomic E-state index is 13.0. The number of pyridine rings is 1. The molecule has 0 aliphatic carbocycles. The number of nitrogens with zero attached hydrogens (tertiary/aromatic N) is 1. The molecule has 0 fully saturated rings. The number of hydrogen-bond acceptors (Lipinski definition) is 5. The molecule has 146 valence electrons. The topological polar surface area (TPSA) is 68.3 Å². The van der Waals surface area contributed by atoms with Gasteiger partial charge in [0.25, 0.3) is 5.91 Å². The summed E-state index contributed by atoms with van der Waals surface area (Å²) in [5.74, 6) is -0.0636. The number of carbonyl (C=O) groups is 2. The van der Waals surface area contributed by atoms with Gasteiger partial charge in [-0.25, -0.2) is 0 Å². The van der Waals surface area contributed by atoms with Crippen molar-refractivity contribution in [2.45, 2.75) is 19.7 Å². The van der Waals surface area contributed by atoms with Crippen LogP contribution in [-0.4, -0.2) is 23.7 Å². The molecule has 1 N–H and O–H groups in total. The van der Waals surface area contributed by atoms with Gasteiger partial charge < -0.3 is 14.8 Å². The Balaban J connectivity index is 1.87. The van der Waals surface area contributed by atoms with Crippen molar-refractivity contribution in [1.82, 2.24) is 10.3 Å². The lowest BCUT2D eigenvalue weighted by Gasteiger charge is -2.12. The predicted octanol–water partition coefficient (Wildman–Crippen LogP) is 4.13. The summed E-state index contributed by atoms with van der Waals surface area (Å²) in [5.41, 5.74) is -0.651. The van der Waals surface area contributed by atoms with Gasteiger partial charge in [0.05, 0.1) is 12.1 Å². The molecular formula is C19H15F3N2O3S. The third-order valence-corrected chi connectivity index (χ3v) is 5.05. The van der Waals surface area contributed by atoms with Gasteiger partial charge in [-0.05, 0) is 31.2 Å². The average Bonchev–Trinajstić information content (AvgIpc) is 2.99. The van der Waals surface area contributed by atoms with Crippen LogP contribution in [0.25, 0.3) is 10.1 Å². The van der Waals surface area contributed by atoms with Gasteiger partial charge in [0, 0.05) is 26.7 Å². The number of benzene rings is 1. The summed E-state index contributed by atoms with van der Waals surface area (Å²) >= 11 is 1.41. The monoisotopic (exact) mass is 408 g/mol. The van der Waals surface area contributed by atoms with Crippen LogP contribution in [0.1, 0.15) is 26.5 Å². The number of alkyl halides is 3. The number of amides is 1. The van der Waals surface area contributed by atoms with Crippen LogP contribution in [-0.2, 0) is 17.6 Å². The Morgan fingerprint density at radius 2 is 2.11 bits per heavy atom. The Kier molecular flexibility index (Phi) is 5.64. The van der Waals surface area contributed by atoms with Crippen molar-refractivity contribution in [3.05, 3.63) is 58.2 Å². The van der Waals surface area contributed by atoms with Gasteiger partial charge in [0.2, 0.25) is 0 Å². The van der Waals surface area contributed by atoms with Crippen LogP contribution in [0.5, 0.6) is 5.75 Å². The highest BCUT2D eigenvalue weighted by molar-refractivity contribution is 7.19. The molecule has 5 nitrogen and oxygen atoms in total. The van der Waals surface area contributed by atoms with Crippen LogP contribution in [0.2, 0.25) is 0 Å². The van der Waals surface area contributed by atoms with Crippen molar-refractivity contribution in [2.24, 2.45) is 0 Å². The lowest BCUT2D eigenvalue weighted by Crippen LogP contribution is -2.25. The molecule has 0 aliphatic heterocycles. The van der Waals surface area contributed by atoms with Crippen LogP contribution in [0.4, 0.5) is 13.2 Å². The Labute approximate surface area is 162 Å². The van der Waals surface area contributed by atoms with E-state index in [4.69, 9.17) is 4.74 Å². The number of aldehydes is 1. The molecule has 0 saturated carbocycles. The second-order valence-electron chi connectivity index (χ2n) is 5.87. The molecule has 1 amide bonds. The van der Waals surface area contributed by atoms with Crippen LogP contribution >= 0.6 is 11.3 Å². The van der Waals surface area contributed by atoms with E-state index in [0.717, 1.165) is 15.8 Å². The number of aromatic nitrogens is 1. The van der Waals surface area contributed by atoms with Crippen LogP contribution in [0.3, 0.4) is 0 Å². The van der Waals surface area contributed by atoms with Crippen molar-refractivity contribution in [3.63, 3.8) is 0 Å². The smallest absolute Gasteiger partial charge is 0.433 e. The summed E-state index contributed by atoms with van der Waals surface area (Å²) < 4.78 is 45.5. The van der Waals surface area contributed by atoms with E-state index in [2.05, 4.69) is 10.3 Å².